The zero-order chi connectivity index (χ0) is 10.1. The summed E-state index contributed by atoms with van der Waals surface area (Å²) in [7, 11) is 0. The fraction of sp³-hybridized carbons (Fsp3) is 0.111. The third kappa shape index (κ3) is 1.14. The van der Waals surface area contributed by atoms with Crippen LogP contribution in [0.2, 0.25) is 0 Å². The summed E-state index contributed by atoms with van der Waals surface area (Å²) in [4.78, 5) is 11.1. The molecule has 5 nitrogen and oxygen atoms in total. The van der Waals surface area contributed by atoms with Gasteiger partial charge in [-0.05, 0) is 12.1 Å². The summed E-state index contributed by atoms with van der Waals surface area (Å²) in [6.07, 6.45) is 1.70. The molecule has 0 fully saturated rings. The smallest absolute Gasteiger partial charge is 0.252 e. The number of carbonyl (C=O) groups is 1. The van der Waals surface area contributed by atoms with E-state index < -0.39 is 5.91 Å². The number of carbonyl (C=O) groups excluding carboxylic acids is 1. The van der Waals surface area contributed by atoms with Crippen molar-refractivity contribution in [3.63, 3.8) is 0 Å². The van der Waals surface area contributed by atoms with Crippen LogP contribution in [0.1, 0.15) is 16.1 Å². The van der Waals surface area contributed by atoms with Gasteiger partial charge in [0, 0.05) is 6.20 Å². The first-order valence-electron chi connectivity index (χ1n) is 4.11. The minimum absolute atomic E-state index is 0.285. The number of rotatable bonds is 2. The van der Waals surface area contributed by atoms with E-state index in [9.17, 15) is 4.79 Å². The summed E-state index contributed by atoms with van der Waals surface area (Å²) in [6, 6.07) is 5.29. The number of pyridine rings is 1. The highest BCUT2D eigenvalue weighted by atomic mass is 16.3. The van der Waals surface area contributed by atoms with Gasteiger partial charge in [-0.3, -0.25) is 4.79 Å². The average Bonchev–Trinajstić information content (AvgIpc) is 2.55. The highest BCUT2D eigenvalue weighted by molar-refractivity contribution is 6.00. The fourth-order valence-corrected chi connectivity index (χ4v) is 1.43. The minimum atomic E-state index is -0.574. The highest BCUT2D eigenvalue weighted by Crippen LogP contribution is 2.14. The van der Waals surface area contributed by atoms with Crippen LogP contribution in [0.3, 0.4) is 0 Å². The van der Waals surface area contributed by atoms with Gasteiger partial charge in [-0.2, -0.15) is 5.10 Å². The molecule has 0 unspecified atom stereocenters. The Morgan fingerprint density at radius 1 is 1.57 bits per heavy atom. The summed E-state index contributed by atoms with van der Waals surface area (Å²) >= 11 is 0. The third-order valence-corrected chi connectivity index (χ3v) is 2.01. The lowest BCUT2D eigenvalue weighted by atomic mass is 10.2. The van der Waals surface area contributed by atoms with E-state index in [4.69, 9.17) is 10.8 Å². The molecule has 3 N–H and O–H groups in total. The number of hydrogen-bond acceptors (Lipinski definition) is 3. The Kier molecular flexibility index (Phi) is 1.94. The van der Waals surface area contributed by atoms with E-state index in [-0.39, 0.29) is 12.2 Å². The molecule has 2 heterocycles. The van der Waals surface area contributed by atoms with Crippen molar-refractivity contribution in [2.75, 3.05) is 0 Å². The molecule has 0 aliphatic rings. The number of amides is 1. The summed E-state index contributed by atoms with van der Waals surface area (Å²) in [5.41, 5.74) is 6.41. The SMILES string of the molecule is NC(=O)c1c(CO)nn2ccccc12. The van der Waals surface area contributed by atoms with Crippen LogP contribution in [-0.2, 0) is 6.61 Å². The van der Waals surface area contributed by atoms with Gasteiger partial charge in [-0.25, -0.2) is 4.52 Å². The van der Waals surface area contributed by atoms with Crippen LogP contribution in [0, 0.1) is 0 Å². The number of hydrogen-bond donors (Lipinski definition) is 2. The topological polar surface area (TPSA) is 80.6 Å². The van der Waals surface area contributed by atoms with Crippen molar-refractivity contribution in [3.8, 4) is 0 Å². The van der Waals surface area contributed by atoms with Gasteiger partial charge in [0.25, 0.3) is 5.91 Å². The summed E-state index contributed by atoms with van der Waals surface area (Å²) in [5, 5.41) is 13.0. The van der Waals surface area contributed by atoms with E-state index in [1.54, 1.807) is 24.4 Å². The molecule has 0 spiro atoms. The van der Waals surface area contributed by atoms with E-state index in [1.807, 2.05) is 0 Å². The Balaban J connectivity index is 2.81. The molecule has 14 heavy (non-hydrogen) atoms. The van der Waals surface area contributed by atoms with E-state index >= 15 is 0 Å². The maximum Gasteiger partial charge on any atom is 0.252 e. The molecule has 0 atom stereocenters. The Morgan fingerprint density at radius 3 is 3.00 bits per heavy atom. The Hall–Kier alpha value is -1.88. The highest BCUT2D eigenvalue weighted by Gasteiger charge is 2.15. The quantitative estimate of drug-likeness (QED) is 0.697. The Morgan fingerprint density at radius 2 is 2.36 bits per heavy atom. The third-order valence-electron chi connectivity index (χ3n) is 2.01. The molecule has 0 saturated carbocycles. The van der Waals surface area contributed by atoms with Crippen LogP contribution in [-0.4, -0.2) is 20.6 Å². The molecule has 0 saturated heterocycles. The normalized spacial score (nSPS) is 10.6. The maximum atomic E-state index is 11.1. The number of aliphatic hydroxyl groups is 1. The lowest BCUT2D eigenvalue weighted by Crippen LogP contribution is -2.12. The van der Waals surface area contributed by atoms with Crippen molar-refractivity contribution in [3.05, 3.63) is 35.7 Å². The Bertz CT molecular complexity index is 490. The first-order chi connectivity index (χ1) is 6.74. The maximum absolute atomic E-state index is 11.1. The summed E-state index contributed by atoms with van der Waals surface area (Å²) < 4.78 is 1.52. The van der Waals surface area contributed by atoms with E-state index in [1.165, 1.54) is 4.52 Å². The lowest BCUT2D eigenvalue weighted by Gasteiger charge is -1.93. The zero-order valence-electron chi connectivity index (χ0n) is 7.34. The number of fused-ring (bicyclic) bond motifs is 1. The van der Waals surface area contributed by atoms with Gasteiger partial charge in [0.2, 0.25) is 0 Å². The molecular weight excluding hydrogens is 182 g/mol. The van der Waals surface area contributed by atoms with Crippen LogP contribution in [0.15, 0.2) is 24.4 Å². The van der Waals surface area contributed by atoms with Crippen molar-refractivity contribution in [1.82, 2.24) is 9.61 Å². The first-order valence-corrected chi connectivity index (χ1v) is 4.11. The van der Waals surface area contributed by atoms with Crippen LogP contribution in [0.25, 0.3) is 5.52 Å². The van der Waals surface area contributed by atoms with E-state index in [0.717, 1.165) is 0 Å². The van der Waals surface area contributed by atoms with Crippen LogP contribution in [0.4, 0.5) is 0 Å². The van der Waals surface area contributed by atoms with Crippen molar-refractivity contribution < 1.29 is 9.90 Å². The number of primary amides is 1. The first kappa shape index (κ1) is 8.71. The number of aromatic nitrogens is 2. The second-order valence-electron chi connectivity index (χ2n) is 2.87. The predicted octanol–water partition coefficient (Wildman–Crippen LogP) is -0.0745. The van der Waals surface area contributed by atoms with Gasteiger partial charge in [0.15, 0.2) is 0 Å². The van der Waals surface area contributed by atoms with E-state index in [0.29, 0.717) is 11.2 Å². The molecule has 0 aliphatic heterocycles. The van der Waals surface area contributed by atoms with Gasteiger partial charge < -0.3 is 10.8 Å². The van der Waals surface area contributed by atoms with Gasteiger partial charge in [-0.15, -0.1) is 0 Å². The molecule has 0 radical (unpaired) electrons. The van der Waals surface area contributed by atoms with E-state index in [2.05, 4.69) is 5.10 Å². The summed E-state index contributed by atoms with van der Waals surface area (Å²) in [6.45, 7) is -0.292. The second kappa shape index (κ2) is 3.12. The molecule has 2 aromatic rings. The van der Waals surface area contributed by atoms with Gasteiger partial charge >= 0.3 is 0 Å². The molecule has 0 aromatic carbocycles. The van der Waals surface area contributed by atoms with Crippen LogP contribution >= 0.6 is 0 Å². The Labute approximate surface area is 79.8 Å². The number of nitrogens with zero attached hydrogens (tertiary/aromatic N) is 2. The van der Waals surface area contributed by atoms with Crippen molar-refractivity contribution in [2.24, 2.45) is 5.73 Å². The van der Waals surface area contributed by atoms with Crippen molar-refractivity contribution in [1.29, 1.82) is 0 Å². The predicted molar refractivity (Wildman–Crippen MR) is 49.6 cm³/mol. The van der Waals surface area contributed by atoms with Gasteiger partial charge in [0.1, 0.15) is 5.69 Å². The molecule has 72 valence electrons. The largest absolute Gasteiger partial charge is 0.390 e. The monoisotopic (exact) mass is 191 g/mol. The fourth-order valence-electron chi connectivity index (χ4n) is 1.43. The lowest BCUT2D eigenvalue weighted by molar-refractivity contribution is 0.0999. The molecule has 1 amide bonds. The summed E-state index contributed by atoms with van der Waals surface area (Å²) in [5.74, 6) is -0.574. The molecular formula is C9H9N3O2. The number of aliphatic hydroxyl groups excluding tert-OH is 1. The molecule has 2 aromatic heterocycles. The van der Waals surface area contributed by atoms with Crippen LogP contribution in [0.5, 0.6) is 0 Å². The minimum Gasteiger partial charge on any atom is -0.390 e. The molecule has 5 heteroatoms. The molecule has 0 bridgehead atoms. The van der Waals surface area contributed by atoms with Gasteiger partial charge in [0.05, 0.1) is 17.7 Å². The zero-order valence-corrected chi connectivity index (χ0v) is 7.34. The van der Waals surface area contributed by atoms with Gasteiger partial charge in [-0.1, -0.05) is 6.07 Å². The average molecular weight is 191 g/mol. The number of nitrogens with two attached hydrogens (primary N) is 1. The van der Waals surface area contributed by atoms with Crippen molar-refractivity contribution in [2.45, 2.75) is 6.61 Å². The second-order valence-corrected chi connectivity index (χ2v) is 2.87. The van der Waals surface area contributed by atoms with Crippen molar-refractivity contribution >= 4 is 11.4 Å². The molecule has 2 rings (SSSR count). The molecule has 0 aliphatic carbocycles. The van der Waals surface area contributed by atoms with Crippen LogP contribution < -0.4 is 5.73 Å². The standard InChI is InChI=1S/C9H9N3O2/c10-9(14)8-6(5-13)11-12-4-2-1-3-7(8)12/h1-4,13H,5H2,(H2,10,14).